The summed E-state index contributed by atoms with van der Waals surface area (Å²) in [7, 11) is 0. The minimum Gasteiger partial charge on any atom is -0.491 e. The van der Waals surface area contributed by atoms with Crippen LogP contribution in [0.5, 0.6) is 5.75 Å². The van der Waals surface area contributed by atoms with Crippen molar-refractivity contribution in [2.45, 2.75) is 39.3 Å². The van der Waals surface area contributed by atoms with Crippen LogP contribution in [0.3, 0.4) is 0 Å². The molecular weight excluding hydrogens is 214 g/mol. The molecule has 0 bridgehead atoms. The van der Waals surface area contributed by atoms with Crippen LogP contribution in [-0.2, 0) is 10.3 Å². The van der Waals surface area contributed by atoms with Crippen molar-refractivity contribution in [1.29, 1.82) is 0 Å². The summed E-state index contributed by atoms with van der Waals surface area (Å²) < 4.78 is 11.2. The molecule has 0 fully saturated rings. The molecule has 0 spiro atoms. The molecule has 0 amide bonds. The molecule has 0 saturated heterocycles. The highest BCUT2D eigenvalue weighted by molar-refractivity contribution is 5.38. The van der Waals surface area contributed by atoms with Crippen molar-refractivity contribution in [2.24, 2.45) is 5.73 Å². The highest BCUT2D eigenvalue weighted by atomic mass is 16.5. The van der Waals surface area contributed by atoms with E-state index in [0.29, 0.717) is 13.2 Å². The summed E-state index contributed by atoms with van der Waals surface area (Å²) in [4.78, 5) is 0. The molecule has 0 radical (unpaired) electrons. The maximum absolute atomic E-state index is 6.30. The molecule has 0 aliphatic heterocycles. The van der Waals surface area contributed by atoms with Gasteiger partial charge in [-0.15, -0.1) is 0 Å². The van der Waals surface area contributed by atoms with Crippen molar-refractivity contribution < 1.29 is 9.47 Å². The lowest BCUT2D eigenvalue weighted by Crippen LogP contribution is -2.38. The number of hydrogen-bond acceptors (Lipinski definition) is 3. The Morgan fingerprint density at radius 1 is 1.29 bits per heavy atom. The Labute approximate surface area is 104 Å². The van der Waals surface area contributed by atoms with Gasteiger partial charge in [-0.05, 0) is 33.8 Å². The number of nitrogens with two attached hydrogens (primary N) is 1. The molecule has 1 aromatic rings. The molecule has 1 aromatic carbocycles. The minimum atomic E-state index is -0.526. The molecular formula is C14H23NO2. The summed E-state index contributed by atoms with van der Waals surface area (Å²) in [6.45, 7) is 9.10. The highest BCUT2D eigenvalue weighted by Gasteiger charge is 2.25. The van der Waals surface area contributed by atoms with E-state index in [-0.39, 0.29) is 6.10 Å². The number of hydrogen-bond donors (Lipinski definition) is 1. The van der Waals surface area contributed by atoms with E-state index in [2.05, 4.69) is 0 Å². The SMILES string of the molecule is CCOCC(C)(N)c1ccccc1OC(C)C. The Balaban J connectivity index is 2.94. The fraction of sp³-hybridized carbons (Fsp3) is 0.571. The molecule has 0 aliphatic rings. The van der Waals surface area contributed by atoms with Gasteiger partial charge < -0.3 is 15.2 Å². The van der Waals surface area contributed by atoms with E-state index in [1.165, 1.54) is 0 Å². The predicted octanol–water partition coefficient (Wildman–Crippen LogP) is 2.68. The van der Waals surface area contributed by atoms with Crippen LogP contribution >= 0.6 is 0 Å². The molecule has 2 N–H and O–H groups in total. The highest BCUT2D eigenvalue weighted by Crippen LogP contribution is 2.28. The van der Waals surface area contributed by atoms with Crippen molar-refractivity contribution in [3.8, 4) is 5.75 Å². The zero-order chi connectivity index (χ0) is 12.9. The van der Waals surface area contributed by atoms with Gasteiger partial charge in [0.1, 0.15) is 5.75 Å². The Bertz CT molecular complexity index is 348. The van der Waals surface area contributed by atoms with E-state index in [4.69, 9.17) is 15.2 Å². The van der Waals surface area contributed by atoms with E-state index in [9.17, 15) is 0 Å². The zero-order valence-electron chi connectivity index (χ0n) is 11.2. The van der Waals surface area contributed by atoms with Gasteiger partial charge in [-0.1, -0.05) is 18.2 Å². The van der Waals surface area contributed by atoms with Crippen LogP contribution in [0.1, 0.15) is 33.3 Å². The summed E-state index contributed by atoms with van der Waals surface area (Å²) >= 11 is 0. The van der Waals surface area contributed by atoms with Crippen LogP contribution < -0.4 is 10.5 Å². The molecule has 0 aromatic heterocycles. The van der Waals surface area contributed by atoms with Gasteiger partial charge in [-0.25, -0.2) is 0 Å². The predicted molar refractivity (Wildman–Crippen MR) is 70.2 cm³/mol. The Morgan fingerprint density at radius 3 is 2.53 bits per heavy atom. The molecule has 1 atom stereocenters. The first-order valence-electron chi connectivity index (χ1n) is 6.10. The van der Waals surface area contributed by atoms with Gasteiger partial charge in [-0.3, -0.25) is 0 Å². The molecule has 0 saturated carbocycles. The summed E-state index contributed by atoms with van der Waals surface area (Å²) in [5.41, 5.74) is 6.76. The van der Waals surface area contributed by atoms with Gasteiger partial charge in [0.25, 0.3) is 0 Å². The number of rotatable bonds is 6. The minimum absolute atomic E-state index is 0.138. The molecule has 17 heavy (non-hydrogen) atoms. The summed E-state index contributed by atoms with van der Waals surface area (Å²) in [6.07, 6.45) is 0.138. The first-order valence-corrected chi connectivity index (χ1v) is 6.10. The van der Waals surface area contributed by atoms with E-state index in [1.54, 1.807) is 0 Å². The van der Waals surface area contributed by atoms with Gasteiger partial charge in [0.15, 0.2) is 0 Å². The number of ether oxygens (including phenoxy) is 2. The third-order valence-corrected chi connectivity index (χ3v) is 2.47. The fourth-order valence-electron chi connectivity index (χ4n) is 1.69. The summed E-state index contributed by atoms with van der Waals surface area (Å²) in [6, 6.07) is 7.88. The standard InChI is InChI=1S/C14H23NO2/c1-5-16-10-14(4,15)12-8-6-7-9-13(12)17-11(2)3/h6-9,11H,5,10,15H2,1-4H3. The Morgan fingerprint density at radius 2 is 1.94 bits per heavy atom. The van der Waals surface area contributed by atoms with Gasteiger partial charge in [0.05, 0.1) is 18.2 Å². The number of para-hydroxylation sites is 1. The quantitative estimate of drug-likeness (QED) is 0.827. The summed E-state index contributed by atoms with van der Waals surface area (Å²) in [5, 5.41) is 0. The molecule has 96 valence electrons. The molecule has 1 rings (SSSR count). The van der Waals surface area contributed by atoms with Crippen LogP contribution in [0, 0.1) is 0 Å². The van der Waals surface area contributed by atoms with Crippen LogP contribution in [0.4, 0.5) is 0 Å². The second-order valence-electron chi connectivity index (χ2n) is 4.72. The van der Waals surface area contributed by atoms with Gasteiger partial charge >= 0.3 is 0 Å². The van der Waals surface area contributed by atoms with Crippen molar-refractivity contribution in [3.63, 3.8) is 0 Å². The van der Waals surface area contributed by atoms with E-state index >= 15 is 0 Å². The summed E-state index contributed by atoms with van der Waals surface area (Å²) in [5.74, 6) is 0.840. The first-order chi connectivity index (χ1) is 7.97. The van der Waals surface area contributed by atoms with E-state index < -0.39 is 5.54 Å². The zero-order valence-corrected chi connectivity index (χ0v) is 11.2. The number of benzene rings is 1. The van der Waals surface area contributed by atoms with Crippen LogP contribution in [0.25, 0.3) is 0 Å². The molecule has 3 nitrogen and oxygen atoms in total. The fourth-order valence-corrected chi connectivity index (χ4v) is 1.69. The van der Waals surface area contributed by atoms with E-state index in [1.807, 2.05) is 52.0 Å². The van der Waals surface area contributed by atoms with Crippen molar-refractivity contribution in [1.82, 2.24) is 0 Å². The van der Waals surface area contributed by atoms with Crippen LogP contribution in [-0.4, -0.2) is 19.3 Å². The lowest BCUT2D eigenvalue weighted by molar-refractivity contribution is 0.0985. The van der Waals surface area contributed by atoms with Gasteiger partial charge in [-0.2, -0.15) is 0 Å². The van der Waals surface area contributed by atoms with Crippen molar-refractivity contribution in [3.05, 3.63) is 29.8 Å². The molecule has 1 unspecified atom stereocenters. The second kappa shape index (κ2) is 6.03. The maximum Gasteiger partial charge on any atom is 0.124 e. The average Bonchev–Trinajstić information content (AvgIpc) is 2.26. The monoisotopic (exact) mass is 237 g/mol. The second-order valence-corrected chi connectivity index (χ2v) is 4.72. The van der Waals surface area contributed by atoms with Crippen LogP contribution in [0.2, 0.25) is 0 Å². The third-order valence-electron chi connectivity index (χ3n) is 2.47. The Hall–Kier alpha value is -1.06. The Kier molecular flexibility index (Phi) is 4.97. The first kappa shape index (κ1) is 14.0. The smallest absolute Gasteiger partial charge is 0.124 e. The lowest BCUT2D eigenvalue weighted by Gasteiger charge is -2.27. The van der Waals surface area contributed by atoms with Crippen molar-refractivity contribution >= 4 is 0 Å². The topological polar surface area (TPSA) is 44.5 Å². The normalized spacial score (nSPS) is 14.7. The van der Waals surface area contributed by atoms with Gasteiger partial charge in [0, 0.05) is 12.2 Å². The van der Waals surface area contributed by atoms with Gasteiger partial charge in [0.2, 0.25) is 0 Å². The van der Waals surface area contributed by atoms with Crippen LogP contribution in [0.15, 0.2) is 24.3 Å². The third kappa shape index (κ3) is 4.02. The van der Waals surface area contributed by atoms with E-state index in [0.717, 1.165) is 11.3 Å². The lowest BCUT2D eigenvalue weighted by atomic mass is 9.93. The average molecular weight is 237 g/mol. The molecule has 0 heterocycles. The largest absolute Gasteiger partial charge is 0.491 e. The van der Waals surface area contributed by atoms with Crippen molar-refractivity contribution in [2.75, 3.05) is 13.2 Å². The maximum atomic E-state index is 6.30. The molecule has 3 heteroatoms. The molecule has 0 aliphatic carbocycles.